The Morgan fingerprint density at radius 2 is 2.14 bits per heavy atom. The number of anilines is 1. The average molecular weight is 194 g/mol. The van der Waals surface area contributed by atoms with Gasteiger partial charge in [0.1, 0.15) is 5.82 Å². The highest BCUT2D eigenvalue weighted by Gasteiger charge is 2.21. The SMILES string of the molecule is CC(C)c1ccc(NC2CC2)nc1F. The van der Waals surface area contributed by atoms with Gasteiger partial charge in [0.25, 0.3) is 0 Å². The fraction of sp³-hybridized carbons (Fsp3) is 0.545. The van der Waals surface area contributed by atoms with Crippen molar-refractivity contribution in [3.63, 3.8) is 0 Å². The van der Waals surface area contributed by atoms with Crippen LogP contribution in [0.25, 0.3) is 0 Å². The largest absolute Gasteiger partial charge is 0.367 e. The molecule has 1 aromatic heterocycles. The molecule has 3 heteroatoms. The fourth-order valence-electron chi connectivity index (χ4n) is 1.39. The minimum atomic E-state index is -0.342. The summed E-state index contributed by atoms with van der Waals surface area (Å²) >= 11 is 0. The highest BCUT2D eigenvalue weighted by atomic mass is 19.1. The van der Waals surface area contributed by atoms with Gasteiger partial charge in [-0.3, -0.25) is 0 Å². The summed E-state index contributed by atoms with van der Waals surface area (Å²) in [5, 5.41) is 3.17. The molecule has 0 amide bonds. The summed E-state index contributed by atoms with van der Waals surface area (Å²) in [4.78, 5) is 3.90. The lowest BCUT2D eigenvalue weighted by Gasteiger charge is -2.08. The molecule has 2 rings (SSSR count). The van der Waals surface area contributed by atoms with Gasteiger partial charge in [-0.15, -0.1) is 0 Å². The van der Waals surface area contributed by atoms with E-state index >= 15 is 0 Å². The van der Waals surface area contributed by atoms with Gasteiger partial charge in [-0.2, -0.15) is 4.39 Å². The Hall–Kier alpha value is -1.12. The summed E-state index contributed by atoms with van der Waals surface area (Å²) in [6.45, 7) is 3.93. The molecule has 1 saturated carbocycles. The molecule has 76 valence electrons. The lowest BCUT2D eigenvalue weighted by Crippen LogP contribution is -2.05. The van der Waals surface area contributed by atoms with Gasteiger partial charge in [-0.05, 0) is 24.8 Å². The minimum Gasteiger partial charge on any atom is -0.367 e. The molecule has 2 nitrogen and oxygen atoms in total. The number of rotatable bonds is 3. The zero-order chi connectivity index (χ0) is 10.1. The van der Waals surface area contributed by atoms with Crippen LogP contribution in [0.3, 0.4) is 0 Å². The third kappa shape index (κ3) is 2.03. The number of pyridine rings is 1. The maximum absolute atomic E-state index is 13.4. The fourth-order valence-corrected chi connectivity index (χ4v) is 1.39. The topological polar surface area (TPSA) is 24.9 Å². The molecule has 14 heavy (non-hydrogen) atoms. The second-order valence-electron chi connectivity index (χ2n) is 4.15. The monoisotopic (exact) mass is 194 g/mol. The van der Waals surface area contributed by atoms with E-state index in [2.05, 4.69) is 10.3 Å². The third-order valence-corrected chi connectivity index (χ3v) is 2.43. The van der Waals surface area contributed by atoms with Gasteiger partial charge in [0.2, 0.25) is 5.95 Å². The summed E-state index contributed by atoms with van der Waals surface area (Å²) in [5.74, 6) is 0.512. The summed E-state index contributed by atoms with van der Waals surface area (Å²) in [7, 11) is 0. The first kappa shape index (κ1) is 9.44. The van der Waals surface area contributed by atoms with Crippen molar-refractivity contribution in [3.8, 4) is 0 Å². The van der Waals surface area contributed by atoms with Crippen molar-refractivity contribution < 1.29 is 4.39 Å². The van der Waals surface area contributed by atoms with E-state index in [0.29, 0.717) is 17.4 Å². The van der Waals surface area contributed by atoms with Crippen molar-refractivity contribution in [1.82, 2.24) is 4.98 Å². The zero-order valence-corrected chi connectivity index (χ0v) is 8.55. The molecule has 0 aliphatic heterocycles. The molecule has 0 saturated heterocycles. The van der Waals surface area contributed by atoms with Crippen LogP contribution in [-0.2, 0) is 0 Å². The molecule has 1 fully saturated rings. The molecule has 0 spiro atoms. The summed E-state index contributed by atoms with van der Waals surface area (Å²) in [6.07, 6.45) is 2.35. The van der Waals surface area contributed by atoms with Crippen molar-refractivity contribution in [3.05, 3.63) is 23.6 Å². The van der Waals surface area contributed by atoms with Gasteiger partial charge in [-0.1, -0.05) is 19.9 Å². The number of aromatic nitrogens is 1. The van der Waals surface area contributed by atoms with E-state index in [1.165, 1.54) is 12.8 Å². The van der Waals surface area contributed by atoms with E-state index < -0.39 is 0 Å². The molecule has 0 bridgehead atoms. The second-order valence-corrected chi connectivity index (χ2v) is 4.15. The number of hydrogen-bond donors (Lipinski definition) is 1. The first-order valence-corrected chi connectivity index (χ1v) is 5.10. The molecule has 1 aliphatic rings. The quantitative estimate of drug-likeness (QED) is 0.748. The van der Waals surface area contributed by atoms with Gasteiger partial charge < -0.3 is 5.32 Å². The first-order chi connectivity index (χ1) is 6.66. The van der Waals surface area contributed by atoms with Gasteiger partial charge in [0.15, 0.2) is 0 Å². The first-order valence-electron chi connectivity index (χ1n) is 5.10. The lowest BCUT2D eigenvalue weighted by molar-refractivity contribution is 0.558. The number of nitrogens with one attached hydrogen (secondary N) is 1. The van der Waals surface area contributed by atoms with Crippen LogP contribution in [0, 0.1) is 5.95 Å². The summed E-state index contributed by atoms with van der Waals surface area (Å²) in [5.41, 5.74) is 0.686. The molecular formula is C11H15FN2. The van der Waals surface area contributed by atoms with Crippen LogP contribution in [0.15, 0.2) is 12.1 Å². The predicted molar refractivity (Wildman–Crippen MR) is 54.9 cm³/mol. The van der Waals surface area contributed by atoms with Crippen LogP contribution in [0.2, 0.25) is 0 Å². The van der Waals surface area contributed by atoms with Crippen LogP contribution in [0.1, 0.15) is 38.2 Å². The Bertz CT molecular complexity index is 332. The van der Waals surface area contributed by atoms with Gasteiger partial charge in [0.05, 0.1) is 0 Å². The van der Waals surface area contributed by atoms with Crippen molar-refractivity contribution >= 4 is 5.82 Å². The normalized spacial score (nSPS) is 16.0. The van der Waals surface area contributed by atoms with Crippen LogP contribution in [0.4, 0.5) is 10.2 Å². The molecule has 1 N–H and O–H groups in total. The maximum Gasteiger partial charge on any atom is 0.218 e. The molecule has 0 radical (unpaired) electrons. The molecule has 1 heterocycles. The third-order valence-electron chi connectivity index (χ3n) is 2.43. The van der Waals surface area contributed by atoms with Crippen molar-refractivity contribution in [1.29, 1.82) is 0 Å². The Morgan fingerprint density at radius 1 is 1.43 bits per heavy atom. The number of hydrogen-bond acceptors (Lipinski definition) is 2. The van der Waals surface area contributed by atoms with Crippen molar-refractivity contribution in [2.75, 3.05) is 5.32 Å². The molecule has 0 atom stereocenters. The smallest absolute Gasteiger partial charge is 0.218 e. The molecule has 1 aliphatic carbocycles. The van der Waals surface area contributed by atoms with E-state index in [9.17, 15) is 4.39 Å². The molecule has 0 aromatic carbocycles. The van der Waals surface area contributed by atoms with Crippen LogP contribution in [-0.4, -0.2) is 11.0 Å². The predicted octanol–water partition coefficient (Wildman–Crippen LogP) is 2.92. The van der Waals surface area contributed by atoms with Gasteiger partial charge >= 0.3 is 0 Å². The van der Waals surface area contributed by atoms with Crippen molar-refractivity contribution in [2.24, 2.45) is 0 Å². The Labute approximate surface area is 83.6 Å². The zero-order valence-electron chi connectivity index (χ0n) is 8.55. The Balaban J connectivity index is 2.16. The van der Waals surface area contributed by atoms with Gasteiger partial charge in [-0.25, -0.2) is 4.98 Å². The van der Waals surface area contributed by atoms with E-state index in [1.807, 2.05) is 26.0 Å². The lowest BCUT2D eigenvalue weighted by atomic mass is 10.1. The standard InChI is InChI=1S/C11H15FN2/c1-7(2)9-5-6-10(14-11(9)12)13-8-3-4-8/h5-8H,3-4H2,1-2H3,(H,13,14). The summed E-state index contributed by atoms with van der Waals surface area (Å²) in [6, 6.07) is 4.20. The van der Waals surface area contributed by atoms with E-state index in [0.717, 1.165) is 0 Å². The average Bonchev–Trinajstić information content (AvgIpc) is 2.87. The Kier molecular flexibility index (Phi) is 2.40. The van der Waals surface area contributed by atoms with E-state index in [1.54, 1.807) is 0 Å². The highest BCUT2D eigenvalue weighted by Crippen LogP contribution is 2.25. The molecule has 0 unspecified atom stereocenters. The Morgan fingerprint density at radius 3 is 2.64 bits per heavy atom. The number of halogens is 1. The highest BCUT2D eigenvalue weighted by molar-refractivity contribution is 5.39. The van der Waals surface area contributed by atoms with E-state index in [4.69, 9.17) is 0 Å². The second kappa shape index (κ2) is 3.56. The van der Waals surface area contributed by atoms with Crippen LogP contribution < -0.4 is 5.32 Å². The number of nitrogens with zero attached hydrogens (tertiary/aromatic N) is 1. The minimum absolute atomic E-state index is 0.192. The summed E-state index contributed by atoms with van der Waals surface area (Å²) < 4.78 is 13.4. The van der Waals surface area contributed by atoms with Crippen LogP contribution >= 0.6 is 0 Å². The maximum atomic E-state index is 13.4. The van der Waals surface area contributed by atoms with E-state index in [-0.39, 0.29) is 11.9 Å². The molecule has 1 aromatic rings. The van der Waals surface area contributed by atoms with Crippen LogP contribution in [0.5, 0.6) is 0 Å². The molecular weight excluding hydrogens is 179 g/mol. The van der Waals surface area contributed by atoms with Gasteiger partial charge in [0, 0.05) is 11.6 Å². The van der Waals surface area contributed by atoms with Crippen molar-refractivity contribution in [2.45, 2.75) is 38.6 Å².